The highest BCUT2D eigenvalue weighted by atomic mass is 15.0. The van der Waals surface area contributed by atoms with Crippen LogP contribution in [0.3, 0.4) is 0 Å². The van der Waals surface area contributed by atoms with Crippen LogP contribution in [0.5, 0.6) is 0 Å². The van der Waals surface area contributed by atoms with Crippen LogP contribution in [0.4, 0.5) is 0 Å². The van der Waals surface area contributed by atoms with Crippen molar-refractivity contribution >= 4 is 27.4 Å². The van der Waals surface area contributed by atoms with E-state index in [9.17, 15) is 0 Å². The molecule has 5 aromatic carbocycles. The minimum Gasteiger partial charge on any atom is -0.309 e. The lowest BCUT2D eigenvalue weighted by Crippen LogP contribution is -1.97. The second kappa shape index (κ2) is 10.7. The third-order valence-electron chi connectivity index (χ3n) is 8.27. The molecule has 1 aliphatic rings. The minimum atomic E-state index is 0.724. The average Bonchev–Trinajstić information content (AvgIpc) is 3.43. The molecule has 0 saturated carbocycles. The number of allylic oxidation sites excluding steroid dienone is 4. The largest absolute Gasteiger partial charge is 0.309 e. The standard InChI is InChI=1S/C40H29N3/c1-3-11-28(12-4-1)29-19-21-30(22-20-29)36-27-37(42-40(41-36)32-13-5-2-6-14-32)31-23-25-33(26-24-31)43-38-17-9-7-15-34(38)35-16-8-10-18-39(35)43/h2-3,5-27H,1,4H2. The third-order valence-corrected chi connectivity index (χ3v) is 8.27. The molecule has 0 N–H and O–H groups in total. The first-order valence-corrected chi connectivity index (χ1v) is 14.8. The van der Waals surface area contributed by atoms with Gasteiger partial charge in [-0.1, -0.05) is 121 Å². The molecule has 3 nitrogen and oxygen atoms in total. The Morgan fingerprint density at radius 1 is 0.488 bits per heavy atom. The van der Waals surface area contributed by atoms with Crippen molar-refractivity contribution in [1.82, 2.24) is 14.5 Å². The van der Waals surface area contributed by atoms with Crippen molar-refractivity contribution in [2.75, 3.05) is 0 Å². The van der Waals surface area contributed by atoms with Crippen molar-refractivity contribution in [1.29, 1.82) is 0 Å². The Morgan fingerprint density at radius 3 is 1.65 bits per heavy atom. The summed E-state index contributed by atoms with van der Waals surface area (Å²) < 4.78 is 2.34. The first-order valence-electron chi connectivity index (χ1n) is 14.8. The number of nitrogens with zero attached hydrogens (tertiary/aromatic N) is 3. The molecule has 0 unspecified atom stereocenters. The van der Waals surface area contributed by atoms with Gasteiger partial charge in [-0.25, -0.2) is 9.97 Å². The molecule has 0 atom stereocenters. The summed E-state index contributed by atoms with van der Waals surface area (Å²) in [5.74, 6) is 0.724. The molecule has 0 aliphatic heterocycles. The van der Waals surface area contributed by atoms with Crippen LogP contribution in [0.2, 0.25) is 0 Å². The van der Waals surface area contributed by atoms with Crippen molar-refractivity contribution < 1.29 is 0 Å². The zero-order chi connectivity index (χ0) is 28.6. The number of hydrogen-bond acceptors (Lipinski definition) is 2. The van der Waals surface area contributed by atoms with E-state index in [0.29, 0.717) is 0 Å². The molecular weight excluding hydrogens is 522 g/mol. The van der Waals surface area contributed by atoms with E-state index in [1.807, 2.05) is 18.2 Å². The minimum absolute atomic E-state index is 0.724. The van der Waals surface area contributed by atoms with Crippen LogP contribution in [-0.2, 0) is 0 Å². The van der Waals surface area contributed by atoms with Gasteiger partial charge in [0, 0.05) is 33.2 Å². The van der Waals surface area contributed by atoms with Crippen LogP contribution in [-0.4, -0.2) is 14.5 Å². The predicted octanol–water partition coefficient (Wildman–Crippen LogP) is 10.3. The lowest BCUT2D eigenvalue weighted by atomic mass is 9.98. The first kappa shape index (κ1) is 25.2. The molecule has 0 spiro atoms. The van der Waals surface area contributed by atoms with Crippen LogP contribution >= 0.6 is 0 Å². The van der Waals surface area contributed by atoms with Gasteiger partial charge in [-0.15, -0.1) is 0 Å². The smallest absolute Gasteiger partial charge is 0.160 e. The van der Waals surface area contributed by atoms with Crippen molar-refractivity contribution in [3.05, 3.63) is 157 Å². The molecule has 0 bridgehead atoms. The van der Waals surface area contributed by atoms with Gasteiger partial charge in [-0.3, -0.25) is 0 Å². The molecule has 3 heteroatoms. The lowest BCUT2D eigenvalue weighted by Gasteiger charge is -2.12. The maximum absolute atomic E-state index is 5.05. The number of fused-ring (bicyclic) bond motifs is 3. The molecular formula is C40H29N3. The van der Waals surface area contributed by atoms with Crippen molar-refractivity contribution in [2.24, 2.45) is 0 Å². The molecule has 2 aromatic heterocycles. The SMILES string of the molecule is C1=CC(c2ccc(-c3cc(-c4ccc(-n5c6ccccc6c6ccccc65)cc4)nc(-c4ccccc4)n3)cc2)=CCC1. The molecule has 0 radical (unpaired) electrons. The Morgan fingerprint density at radius 2 is 1.05 bits per heavy atom. The molecule has 0 saturated heterocycles. The zero-order valence-corrected chi connectivity index (χ0v) is 23.7. The summed E-state index contributed by atoms with van der Waals surface area (Å²) in [5, 5.41) is 2.52. The Bertz CT molecular complexity index is 2100. The van der Waals surface area contributed by atoms with Gasteiger partial charge in [0.1, 0.15) is 0 Å². The van der Waals surface area contributed by atoms with Crippen LogP contribution in [0.1, 0.15) is 18.4 Å². The topological polar surface area (TPSA) is 30.7 Å². The maximum Gasteiger partial charge on any atom is 0.160 e. The number of para-hydroxylation sites is 2. The van der Waals surface area contributed by atoms with Gasteiger partial charge in [0.15, 0.2) is 5.82 Å². The van der Waals surface area contributed by atoms with E-state index in [1.165, 1.54) is 32.9 Å². The number of hydrogen-bond donors (Lipinski definition) is 0. The lowest BCUT2D eigenvalue weighted by molar-refractivity contribution is 1.04. The van der Waals surface area contributed by atoms with Crippen molar-refractivity contribution in [3.8, 4) is 39.6 Å². The molecule has 204 valence electrons. The summed E-state index contributed by atoms with van der Waals surface area (Å²) >= 11 is 0. The fourth-order valence-electron chi connectivity index (χ4n) is 6.10. The van der Waals surface area contributed by atoms with Gasteiger partial charge in [0.05, 0.1) is 22.4 Å². The first-order chi connectivity index (χ1) is 21.3. The zero-order valence-electron chi connectivity index (χ0n) is 23.7. The predicted molar refractivity (Wildman–Crippen MR) is 179 cm³/mol. The molecule has 0 fully saturated rings. The fraction of sp³-hybridized carbons (Fsp3) is 0.0500. The summed E-state index contributed by atoms with van der Waals surface area (Å²) in [4.78, 5) is 10.1. The molecule has 2 heterocycles. The maximum atomic E-state index is 5.05. The molecule has 0 amide bonds. The van der Waals surface area contributed by atoms with Gasteiger partial charge in [0.2, 0.25) is 0 Å². The quantitative estimate of drug-likeness (QED) is 0.213. The highest BCUT2D eigenvalue weighted by Crippen LogP contribution is 2.33. The summed E-state index contributed by atoms with van der Waals surface area (Å²) in [5.41, 5.74) is 11.0. The Hall–Kier alpha value is -5.54. The highest BCUT2D eigenvalue weighted by Gasteiger charge is 2.14. The summed E-state index contributed by atoms with van der Waals surface area (Å²) in [6.45, 7) is 0. The van der Waals surface area contributed by atoms with Gasteiger partial charge in [-0.2, -0.15) is 0 Å². The molecule has 1 aliphatic carbocycles. The second-order valence-corrected chi connectivity index (χ2v) is 11.0. The van der Waals surface area contributed by atoms with Crippen LogP contribution in [0.25, 0.3) is 67.0 Å². The van der Waals surface area contributed by atoms with Gasteiger partial charge in [0.25, 0.3) is 0 Å². The molecule has 8 rings (SSSR count). The van der Waals surface area contributed by atoms with Crippen molar-refractivity contribution in [3.63, 3.8) is 0 Å². The van der Waals surface area contributed by atoms with E-state index < -0.39 is 0 Å². The highest BCUT2D eigenvalue weighted by molar-refractivity contribution is 6.09. The molecule has 7 aromatic rings. The Balaban J connectivity index is 1.21. The number of rotatable bonds is 5. The van der Waals surface area contributed by atoms with Gasteiger partial charge in [-0.05, 0) is 54.3 Å². The summed E-state index contributed by atoms with van der Waals surface area (Å²) in [6.07, 6.45) is 9.00. The fourth-order valence-corrected chi connectivity index (χ4v) is 6.10. The van der Waals surface area contributed by atoms with E-state index in [-0.39, 0.29) is 0 Å². The monoisotopic (exact) mass is 551 g/mol. The summed E-state index contributed by atoms with van der Waals surface area (Å²) in [7, 11) is 0. The Labute approximate surface area is 251 Å². The van der Waals surface area contributed by atoms with E-state index in [0.717, 1.165) is 52.4 Å². The number of aromatic nitrogens is 3. The normalized spacial score (nSPS) is 13.0. The Kier molecular flexibility index (Phi) is 6.27. The van der Waals surface area contributed by atoms with Crippen LogP contribution in [0.15, 0.2) is 152 Å². The van der Waals surface area contributed by atoms with Gasteiger partial charge >= 0.3 is 0 Å². The second-order valence-electron chi connectivity index (χ2n) is 11.0. The van der Waals surface area contributed by atoms with E-state index >= 15 is 0 Å². The summed E-state index contributed by atoms with van der Waals surface area (Å²) in [6, 6.07) is 47.0. The third kappa shape index (κ3) is 4.65. The van der Waals surface area contributed by atoms with E-state index in [1.54, 1.807) is 0 Å². The average molecular weight is 552 g/mol. The van der Waals surface area contributed by atoms with Gasteiger partial charge < -0.3 is 4.57 Å². The van der Waals surface area contributed by atoms with E-state index in [2.05, 4.69) is 138 Å². The van der Waals surface area contributed by atoms with E-state index in [4.69, 9.17) is 9.97 Å². The van der Waals surface area contributed by atoms with Crippen molar-refractivity contribution in [2.45, 2.75) is 12.8 Å². The number of benzene rings is 5. The van der Waals surface area contributed by atoms with Crippen LogP contribution in [0, 0.1) is 0 Å². The van der Waals surface area contributed by atoms with Crippen LogP contribution < -0.4 is 0 Å². The molecule has 43 heavy (non-hydrogen) atoms.